The van der Waals surface area contributed by atoms with E-state index in [9.17, 15) is 4.79 Å². The number of hydrogen-bond donors (Lipinski definition) is 0. The molecule has 3 heteroatoms. The molecule has 2 nitrogen and oxygen atoms in total. The molecule has 0 amide bonds. The zero-order chi connectivity index (χ0) is 15.8. The van der Waals surface area contributed by atoms with E-state index in [0.29, 0.717) is 5.78 Å². The van der Waals surface area contributed by atoms with Crippen molar-refractivity contribution in [2.75, 3.05) is 32.1 Å². The van der Waals surface area contributed by atoms with Crippen LogP contribution in [0.5, 0.6) is 0 Å². The number of ketones is 1. The number of benzene rings is 1. The quantitative estimate of drug-likeness (QED) is 0.639. The van der Waals surface area contributed by atoms with Gasteiger partial charge in [0.2, 0.25) is 0 Å². The Hall–Kier alpha value is -1.06. The summed E-state index contributed by atoms with van der Waals surface area (Å²) >= 11 is 2.02. The van der Waals surface area contributed by atoms with Gasteiger partial charge in [-0.25, -0.2) is 0 Å². The molecule has 1 aromatic carbocycles. The smallest absolute Gasteiger partial charge is 0.166 e. The number of nitrogens with zero attached hydrogens (tertiary/aromatic N) is 1. The van der Waals surface area contributed by atoms with E-state index in [0.717, 1.165) is 30.4 Å². The van der Waals surface area contributed by atoms with Crippen molar-refractivity contribution in [3.05, 3.63) is 42.0 Å². The van der Waals surface area contributed by atoms with Gasteiger partial charge in [0.25, 0.3) is 0 Å². The average Bonchev–Trinajstić information content (AvgIpc) is 2.88. The molecule has 22 heavy (non-hydrogen) atoms. The maximum Gasteiger partial charge on any atom is 0.166 e. The van der Waals surface area contributed by atoms with Gasteiger partial charge in [-0.1, -0.05) is 36.4 Å². The number of allylic oxidation sites excluding steroid dienone is 2. The number of rotatable bonds is 9. The lowest BCUT2D eigenvalue weighted by Crippen LogP contribution is -2.13. The lowest BCUT2D eigenvalue weighted by molar-refractivity contribution is -0.116. The van der Waals surface area contributed by atoms with Crippen LogP contribution in [0.4, 0.5) is 0 Å². The van der Waals surface area contributed by atoms with E-state index in [1.807, 2.05) is 42.1 Å². The minimum Gasteiger partial charge on any atom is -0.309 e. The molecule has 2 rings (SSSR count). The third-order valence-electron chi connectivity index (χ3n) is 4.06. The topological polar surface area (TPSA) is 20.3 Å². The molecule has 0 spiro atoms. The molecule has 1 atom stereocenters. The Morgan fingerprint density at radius 1 is 1.14 bits per heavy atom. The minimum atomic E-state index is 0.220. The maximum absolute atomic E-state index is 12.5. The highest BCUT2D eigenvalue weighted by Gasteiger charge is 2.27. The largest absolute Gasteiger partial charge is 0.309 e. The molecule has 0 fully saturated rings. The van der Waals surface area contributed by atoms with Crippen molar-refractivity contribution < 1.29 is 4.79 Å². The van der Waals surface area contributed by atoms with E-state index in [1.165, 1.54) is 24.5 Å². The van der Waals surface area contributed by atoms with Crippen molar-refractivity contribution >= 4 is 23.1 Å². The fourth-order valence-corrected chi connectivity index (χ4v) is 3.74. The molecule has 1 aliphatic carbocycles. The Morgan fingerprint density at radius 2 is 1.86 bits per heavy atom. The Kier molecular flexibility index (Phi) is 7.20. The van der Waals surface area contributed by atoms with Gasteiger partial charge in [-0.3, -0.25) is 4.79 Å². The molecule has 0 saturated carbocycles. The average molecular weight is 317 g/mol. The van der Waals surface area contributed by atoms with Crippen LogP contribution in [0.25, 0.3) is 5.57 Å². The third kappa shape index (κ3) is 5.29. The van der Waals surface area contributed by atoms with Gasteiger partial charge < -0.3 is 4.90 Å². The Morgan fingerprint density at radius 3 is 2.59 bits per heavy atom. The minimum absolute atomic E-state index is 0.220. The summed E-state index contributed by atoms with van der Waals surface area (Å²) in [4.78, 5) is 14.7. The summed E-state index contributed by atoms with van der Waals surface area (Å²) in [6, 6.07) is 10.1. The molecule has 0 aliphatic heterocycles. The molecular formula is C19H27NOS. The van der Waals surface area contributed by atoms with Gasteiger partial charge in [0.1, 0.15) is 0 Å². The van der Waals surface area contributed by atoms with Gasteiger partial charge >= 0.3 is 0 Å². The highest BCUT2D eigenvalue weighted by molar-refractivity contribution is 7.99. The molecule has 0 aromatic heterocycles. The fraction of sp³-hybridized carbons (Fsp3) is 0.526. The van der Waals surface area contributed by atoms with Crippen LogP contribution >= 0.6 is 11.8 Å². The third-order valence-corrected chi connectivity index (χ3v) is 5.22. The van der Waals surface area contributed by atoms with Crippen LogP contribution in [0.2, 0.25) is 0 Å². The molecule has 1 unspecified atom stereocenters. The second-order valence-corrected chi connectivity index (χ2v) is 7.42. The van der Waals surface area contributed by atoms with Crippen LogP contribution in [0, 0.1) is 5.92 Å². The molecule has 0 radical (unpaired) electrons. The molecule has 120 valence electrons. The normalized spacial score (nSPS) is 18.0. The predicted octanol–water partition coefficient (Wildman–Crippen LogP) is 4.12. The predicted molar refractivity (Wildman–Crippen MR) is 97.3 cm³/mol. The molecule has 0 bridgehead atoms. The molecular weight excluding hydrogens is 290 g/mol. The van der Waals surface area contributed by atoms with Crippen molar-refractivity contribution in [2.45, 2.75) is 25.7 Å². The van der Waals surface area contributed by atoms with Gasteiger partial charge in [0.05, 0.1) is 0 Å². The van der Waals surface area contributed by atoms with E-state index in [-0.39, 0.29) is 5.92 Å². The van der Waals surface area contributed by atoms with Crippen molar-refractivity contribution in [1.29, 1.82) is 0 Å². The zero-order valence-electron chi connectivity index (χ0n) is 13.8. The van der Waals surface area contributed by atoms with Crippen LogP contribution in [-0.4, -0.2) is 42.8 Å². The summed E-state index contributed by atoms with van der Waals surface area (Å²) in [5.74, 6) is 2.98. The van der Waals surface area contributed by atoms with Crippen LogP contribution in [-0.2, 0) is 4.79 Å². The Labute approximate surface area is 139 Å². The second kappa shape index (κ2) is 9.16. The molecule has 0 N–H and O–H groups in total. The van der Waals surface area contributed by atoms with Crippen LogP contribution in [0.3, 0.4) is 0 Å². The summed E-state index contributed by atoms with van der Waals surface area (Å²) in [6.45, 7) is 1.17. The van der Waals surface area contributed by atoms with Gasteiger partial charge in [-0.05, 0) is 63.4 Å². The lowest BCUT2D eigenvalue weighted by Gasteiger charge is -2.10. The summed E-state index contributed by atoms with van der Waals surface area (Å²) in [7, 11) is 4.24. The van der Waals surface area contributed by atoms with Crippen LogP contribution < -0.4 is 0 Å². The van der Waals surface area contributed by atoms with E-state index < -0.39 is 0 Å². The second-order valence-electron chi connectivity index (χ2n) is 6.19. The van der Waals surface area contributed by atoms with Crippen molar-refractivity contribution in [3.63, 3.8) is 0 Å². The van der Waals surface area contributed by atoms with Crippen molar-refractivity contribution in [1.82, 2.24) is 4.90 Å². The Balaban J connectivity index is 1.64. The first-order valence-corrected chi connectivity index (χ1v) is 9.36. The van der Waals surface area contributed by atoms with Crippen molar-refractivity contribution in [2.24, 2.45) is 5.92 Å². The van der Waals surface area contributed by atoms with Gasteiger partial charge in [0, 0.05) is 11.5 Å². The summed E-state index contributed by atoms with van der Waals surface area (Å²) < 4.78 is 0. The molecule has 0 saturated heterocycles. The van der Waals surface area contributed by atoms with Gasteiger partial charge in [-0.15, -0.1) is 0 Å². The molecule has 1 aromatic rings. The number of thioether (sulfide) groups is 1. The number of carbonyl (C=O) groups is 1. The van der Waals surface area contributed by atoms with E-state index in [4.69, 9.17) is 0 Å². The highest BCUT2D eigenvalue weighted by atomic mass is 32.2. The number of carbonyl (C=O) groups excluding carboxylic acids is 1. The first-order chi connectivity index (χ1) is 10.7. The summed E-state index contributed by atoms with van der Waals surface area (Å²) in [6.07, 6.45) is 6.49. The molecule has 1 aliphatic rings. The SMILES string of the molecule is CN(C)CCCSCCCC1CC=C(c2ccccc2)C1=O. The highest BCUT2D eigenvalue weighted by Crippen LogP contribution is 2.31. The standard InChI is InChI=1S/C19H27NOS/c1-20(2)13-7-15-22-14-6-10-17-11-12-18(19(17)21)16-8-4-3-5-9-16/h3-5,8-9,12,17H,6-7,10-11,13-15H2,1-2H3. The van der Waals surface area contributed by atoms with Crippen LogP contribution in [0.15, 0.2) is 36.4 Å². The van der Waals surface area contributed by atoms with E-state index >= 15 is 0 Å². The Bertz CT molecular complexity index is 495. The fourth-order valence-electron chi connectivity index (χ4n) is 2.83. The number of Topliss-reactive ketones (excluding diaryl/α,β-unsaturated/α-hetero) is 1. The van der Waals surface area contributed by atoms with E-state index in [2.05, 4.69) is 25.1 Å². The van der Waals surface area contributed by atoms with Crippen molar-refractivity contribution in [3.8, 4) is 0 Å². The number of hydrogen-bond acceptors (Lipinski definition) is 3. The van der Waals surface area contributed by atoms with Crippen LogP contribution in [0.1, 0.15) is 31.2 Å². The molecule has 0 heterocycles. The lowest BCUT2D eigenvalue weighted by atomic mass is 9.96. The van der Waals surface area contributed by atoms with Gasteiger partial charge in [0.15, 0.2) is 5.78 Å². The summed E-state index contributed by atoms with van der Waals surface area (Å²) in [5, 5.41) is 0. The maximum atomic E-state index is 12.5. The summed E-state index contributed by atoms with van der Waals surface area (Å²) in [5.41, 5.74) is 2.01. The zero-order valence-corrected chi connectivity index (χ0v) is 14.6. The van der Waals surface area contributed by atoms with E-state index in [1.54, 1.807) is 0 Å². The first kappa shape index (κ1) is 17.3. The van der Waals surface area contributed by atoms with Gasteiger partial charge in [-0.2, -0.15) is 11.8 Å². The first-order valence-electron chi connectivity index (χ1n) is 8.20. The monoisotopic (exact) mass is 317 g/mol.